The van der Waals surface area contributed by atoms with Crippen molar-refractivity contribution in [2.75, 3.05) is 20.6 Å². The number of carbonyl (C=O) groups excluding carboxylic acids is 2. The van der Waals surface area contributed by atoms with Gasteiger partial charge in [-0.05, 0) is 38.0 Å². The lowest BCUT2D eigenvalue weighted by atomic mass is 9.94. The van der Waals surface area contributed by atoms with Crippen LogP contribution in [0.2, 0.25) is 5.02 Å². The van der Waals surface area contributed by atoms with Crippen molar-refractivity contribution in [3.05, 3.63) is 51.2 Å². The number of aryl methyl sites for hydroxylation is 1. The maximum atomic E-state index is 12.9. The number of likely N-dealkylation sites (N-methyl/N-ethyl adjacent to an activating group) is 1. The highest BCUT2D eigenvalue weighted by atomic mass is 35.5. The van der Waals surface area contributed by atoms with Crippen LogP contribution in [0.1, 0.15) is 54.6 Å². The van der Waals surface area contributed by atoms with Crippen LogP contribution in [0.25, 0.3) is 5.69 Å². The van der Waals surface area contributed by atoms with Gasteiger partial charge in [-0.2, -0.15) is 0 Å². The van der Waals surface area contributed by atoms with E-state index >= 15 is 0 Å². The molecule has 174 valence electrons. The maximum Gasteiger partial charge on any atom is 0.333 e. The van der Waals surface area contributed by atoms with Gasteiger partial charge in [0.2, 0.25) is 5.91 Å². The highest BCUT2D eigenvalue weighted by molar-refractivity contribution is 6.33. The van der Waals surface area contributed by atoms with E-state index in [9.17, 15) is 19.5 Å². The summed E-state index contributed by atoms with van der Waals surface area (Å²) >= 11 is 6.27. The molecule has 2 N–H and O–H groups in total. The van der Waals surface area contributed by atoms with Gasteiger partial charge in [-0.3, -0.25) is 18.7 Å². The smallest absolute Gasteiger partial charge is 0.333 e. The predicted molar refractivity (Wildman–Crippen MR) is 123 cm³/mol. The van der Waals surface area contributed by atoms with Crippen LogP contribution >= 0.6 is 11.6 Å². The first kappa shape index (κ1) is 24.1. The van der Waals surface area contributed by atoms with Gasteiger partial charge in [0.05, 0.1) is 21.9 Å². The van der Waals surface area contributed by atoms with Gasteiger partial charge in [0.1, 0.15) is 6.54 Å². The van der Waals surface area contributed by atoms with Crippen molar-refractivity contribution >= 4 is 23.4 Å². The second-order valence-electron chi connectivity index (χ2n) is 8.78. The van der Waals surface area contributed by atoms with E-state index in [-0.39, 0.29) is 35.3 Å². The third kappa shape index (κ3) is 5.42. The van der Waals surface area contributed by atoms with Crippen molar-refractivity contribution in [2.45, 2.75) is 57.6 Å². The Bertz CT molecular complexity index is 1050. The molecule has 9 heteroatoms. The van der Waals surface area contributed by atoms with E-state index < -0.39 is 11.5 Å². The number of halogens is 1. The summed E-state index contributed by atoms with van der Waals surface area (Å²) in [5.74, 6) is -0.595. The molecule has 8 nitrogen and oxygen atoms in total. The average molecular weight is 463 g/mol. The predicted octanol–water partition coefficient (Wildman–Crippen LogP) is 2.50. The van der Waals surface area contributed by atoms with Crippen molar-refractivity contribution in [2.24, 2.45) is 0 Å². The van der Waals surface area contributed by atoms with Gasteiger partial charge in [-0.25, -0.2) is 4.79 Å². The molecular weight excluding hydrogens is 432 g/mol. The SMILES string of the molecule is Cc1cn(-c2ccc(Cl)c(C(=O)NCC3(O)CCCCCC3)c2)c(=O)n1CC(=O)N(C)C. The van der Waals surface area contributed by atoms with E-state index in [1.54, 1.807) is 45.4 Å². The van der Waals surface area contributed by atoms with Crippen molar-refractivity contribution in [3.63, 3.8) is 0 Å². The van der Waals surface area contributed by atoms with Gasteiger partial charge in [-0.15, -0.1) is 0 Å². The van der Waals surface area contributed by atoms with E-state index in [2.05, 4.69) is 5.32 Å². The van der Waals surface area contributed by atoms with Crippen LogP contribution in [0, 0.1) is 6.92 Å². The van der Waals surface area contributed by atoms with Gasteiger partial charge in [0.15, 0.2) is 0 Å². The molecule has 1 aliphatic carbocycles. The molecule has 3 rings (SSSR count). The first-order valence-corrected chi connectivity index (χ1v) is 11.3. The number of nitrogens with one attached hydrogen (secondary N) is 1. The lowest BCUT2D eigenvalue weighted by molar-refractivity contribution is -0.129. The summed E-state index contributed by atoms with van der Waals surface area (Å²) in [6.07, 6.45) is 7.03. The number of aromatic nitrogens is 2. The fourth-order valence-electron chi connectivity index (χ4n) is 3.99. The summed E-state index contributed by atoms with van der Waals surface area (Å²) in [5.41, 5.74) is 0.0429. The van der Waals surface area contributed by atoms with Crippen LogP contribution in [0.5, 0.6) is 0 Å². The number of hydrogen-bond donors (Lipinski definition) is 2. The second-order valence-corrected chi connectivity index (χ2v) is 9.19. The monoisotopic (exact) mass is 462 g/mol. The number of amides is 2. The Hall–Kier alpha value is -2.58. The molecule has 0 unspecified atom stereocenters. The molecule has 1 saturated carbocycles. The molecule has 0 saturated heterocycles. The largest absolute Gasteiger partial charge is 0.388 e. The molecule has 2 amide bonds. The van der Waals surface area contributed by atoms with E-state index in [1.165, 1.54) is 14.0 Å². The summed E-state index contributed by atoms with van der Waals surface area (Å²) in [5, 5.41) is 13.9. The number of imidazole rings is 1. The fraction of sp³-hybridized carbons (Fsp3) is 0.522. The van der Waals surface area contributed by atoms with Gasteiger partial charge >= 0.3 is 5.69 Å². The molecule has 1 aromatic heterocycles. The van der Waals surface area contributed by atoms with Gasteiger partial charge in [0.25, 0.3) is 5.91 Å². The molecule has 0 spiro atoms. The van der Waals surface area contributed by atoms with Crippen LogP contribution in [-0.4, -0.2) is 57.2 Å². The first-order valence-electron chi connectivity index (χ1n) is 10.9. The van der Waals surface area contributed by atoms with Crippen LogP contribution < -0.4 is 11.0 Å². The number of benzene rings is 1. The molecule has 1 aliphatic rings. The molecule has 1 aromatic carbocycles. The Morgan fingerprint density at radius 1 is 1.19 bits per heavy atom. The minimum Gasteiger partial charge on any atom is -0.388 e. The maximum absolute atomic E-state index is 12.9. The summed E-state index contributed by atoms with van der Waals surface area (Å²) in [6.45, 7) is 1.84. The summed E-state index contributed by atoms with van der Waals surface area (Å²) in [7, 11) is 3.27. The lowest BCUT2D eigenvalue weighted by Gasteiger charge is -2.26. The van der Waals surface area contributed by atoms with Gasteiger partial charge < -0.3 is 15.3 Å². The highest BCUT2D eigenvalue weighted by Gasteiger charge is 2.29. The standard InChI is InChI=1S/C23H31ClN4O4/c1-16-13-28(22(31)27(16)14-20(29)26(2)3)17-8-9-19(24)18(12-17)21(30)25-15-23(32)10-6-4-5-7-11-23/h8-9,12-13,32H,4-7,10-11,14-15H2,1-3H3,(H,25,30). The molecule has 0 radical (unpaired) electrons. The second kappa shape index (κ2) is 9.92. The molecule has 1 heterocycles. The van der Waals surface area contributed by atoms with E-state index in [1.807, 2.05) is 0 Å². The number of aliphatic hydroxyl groups is 1. The third-order valence-corrected chi connectivity index (χ3v) is 6.39. The number of carbonyl (C=O) groups is 2. The Kier molecular flexibility index (Phi) is 7.46. The Labute approximate surface area is 192 Å². The normalized spacial score (nSPS) is 15.8. The summed E-state index contributed by atoms with van der Waals surface area (Å²) in [4.78, 5) is 39.3. The molecule has 0 atom stereocenters. The highest BCUT2D eigenvalue weighted by Crippen LogP contribution is 2.27. The molecule has 1 fully saturated rings. The minimum absolute atomic E-state index is 0.0653. The van der Waals surface area contributed by atoms with Crippen LogP contribution in [0.3, 0.4) is 0 Å². The minimum atomic E-state index is -0.902. The third-order valence-electron chi connectivity index (χ3n) is 6.06. The zero-order chi connectivity index (χ0) is 23.5. The molecule has 0 bridgehead atoms. The molecular formula is C23H31ClN4O4. The number of nitrogens with zero attached hydrogens (tertiary/aromatic N) is 3. The first-order chi connectivity index (χ1) is 15.1. The Balaban J connectivity index is 1.82. The zero-order valence-corrected chi connectivity index (χ0v) is 19.6. The fourth-order valence-corrected chi connectivity index (χ4v) is 4.19. The van der Waals surface area contributed by atoms with E-state index in [0.29, 0.717) is 24.2 Å². The van der Waals surface area contributed by atoms with Gasteiger partial charge in [0, 0.05) is 32.5 Å². The molecule has 32 heavy (non-hydrogen) atoms. The van der Waals surface area contributed by atoms with E-state index in [0.717, 1.165) is 25.7 Å². The zero-order valence-electron chi connectivity index (χ0n) is 18.9. The number of rotatable bonds is 6. The Morgan fingerprint density at radius 3 is 2.47 bits per heavy atom. The van der Waals surface area contributed by atoms with Crippen molar-refractivity contribution in [1.29, 1.82) is 0 Å². The Morgan fingerprint density at radius 2 is 1.84 bits per heavy atom. The van der Waals surface area contributed by atoms with Crippen LogP contribution in [0.15, 0.2) is 29.2 Å². The van der Waals surface area contributed by atoms with Gasteiger partial charge in [-0.1, -0.05) is 37.3 Å². The average Bonchev–Trinajstić information content (AvgIpc) is 2.91. The molecule has 0 aliphatic heterocycles. The number of hydrogen-bond acceptors (Lipinski definition) is 4. The van der Waals surface area contributed by atoms with Crippen molar-refractivity contribution in [3.8, 4) is 5.69 Å². The topological polar surface area (TPSA) is 96.6 Å². The van der Waals surface area contributed by atoms with E-state index in [4.69, 9.17) is 11.6 Å². The summed E-state index contributed by atoms with van der Waals surface area (Å²) in [6, 6.07) is 4.76. The lowest BCUT2D eigenvalue weighted by Crippen LogP contribution is -2.42. The van der Waals surface area contributed by atoms with Crippen molar-refractivity contribution in [1.82, 2.24) is 19.4 Å². The van der Waals surface area contributed by atoms with Crippen LogP contribution in [0.4, 0.5) is 0 Å². The van der Waals surface area contributed by atoms with Crippen molar-refractivity contribution < 1.29 is 14.7 Å². The van der Waals surface area contributed by atoms with Crippen LogP contribution in [-0.2, 0) is 11.3 Å². The molecule has 2 aromatic rings. The quantitative estimate of drug-likeness (QED) is 0.644. The summed E-state index contributed by atoms with van der Waals surface area (Å²) < 4.78 is 2.78.